The molecule has 1 saturated carbocycles. The highest BCUT2D eigenvalue weighted by Gasteiger charge is 2.44. The fourth-order valence-electron chi connectivity index (χ4n) is 5.10. The van der Waals surface area contributed by atoms with Crippen LogP contribution < -0.4 is 5.32 Å². The van der Waals surface area contributed by atoms with Crippen LogP contribution in [0.3, 0.4) is 0 Å². The van der Waals surface area contributed by atoms with Gasteiger partial charge in [-0.25, -0.2) is 9.18 Å². The van der Waals surface area contributed by atoms with E-state index in [1.807, 2.05) is 0 Å². The van der Waals surface area contributed by atoms with Crippen molar-refractivity contribution in [2.45, 2.75) is 69.5 Å². The normalized spacial score (nSPS) is 26.2. The molecule has 3 fully saturated rings. The van der Waals surface area contributed by atoms with Crippen molar-refractivity contribution in [2.75, 3.05) is 19.6 Å². The first-order valence-electron chi connectivity index (χ1n) is 10.7. The van der Waals surface area contributed by atoms with Crippen molar-refractivity contribution in [2.24, 2.45) is 0 Å². The summed E-state index contributed by atoms with van der Waals surface area (Å²) in [4.78, 5) is 29.2. The zero-order valence-electron chi connectivity index (χ0n) is 16.4. The van der Waals surface area contributed by atoms with Gasteiger partial charge < -0.3 is 15.1 Å². The van der Waals surface area contributed by atoms with Crippen molar-refractivity contribution in [1.29, 1.82) is 0 Å². The number of piperidine rings is 1. The Morgan fingerprint density at radius 1 is 1.07 bits per heavy atom. The topological polar surface area (TPSA) is 52.7 Å². The van der Waals surface area contributed by atoms with Gasteiger partial charge in [-0.2, -0.15) is 0 Å². The van der Waals surface area contributed by atoms with Crippen LogP contribution >= 0.6 is 0 Å². The number of halogens is 1. The number of hydrogen-bond acceptors (Lipinski definition) is 3. The van der Waals surface area contributed by atoms with E-state index in [9.17, 15) is 14.0 Å². The van der Waals surface area contributed by atoms with Crippen LogP contribution in [0.25, 0.3) is 0 Å². The standard InChI is InChI=1S/C22H30FN3O2/c23-17-9-7-16(8-10-17)21(27)6-3-13-25-14-11-18(12-15-25)26-20-5-2-1-4-19(20)24-22(26)28/h7-10,18-20H,1-6,11-15H2,(H,24,28). The summed E-state index contributed by atoms with van der Waals surface area (Å²) in [7, 11) is 0. The van der Waals surface area contributed by atoms with E-state index in [4.69, 9.17) is 0 Å². The summed E-state index contributed by atoms with van der Waals surface area (Å²) in [5.41, 5.74) is 0.585. The van der Waals surface area contributed by atoms with Crippen molar-refractivity contribution in [3.8, 4) is 0 Å². The lowest BCUT2D eigenvalue weighted by Gasteiger charge is -2.40. The first-order valence-corrected chi connectivity index (χ1v) is 10.7. The molecule has 2 aliphatic heterocycles. The number of urea groups is 1. The zero-order valence-corrected chi connectivity index (χ0v) is 16.4. The van der Waals surface area contributed by atoms with Gasteiger partial charge in [-0.1, -0.05) is 12.8 Å². The van der Waals surface area contributed by atoms with Gasteiger partial charge in [-0.05, 0) is 62.9 Å². The summed E-state index contributed by atoms with van der Waals surface area (Å²) in [6.07, 6.45) is 8.05. The van der Waals surface area contributed by atoms with E-state index in [2.05, 4.69) is 15.1 Å². The third kappa shape index (κ3) is 4.22. The number of rotatable bonds is 6. The number of likely N-dealkylation sites (tertiary alicyclic amines) is 1. The van der Waals surface area contributed by atoms with Gasteiger partial charge in [0.2, 0.25) is 0 Å². The summed E-state index contributed by atoms with van der Waals surface area (Å²) in [5.74, 6) is -0.238. The number of nitrogens with one attached hydrogen (secondary N) is 1. The third-order valence-corrected chi connectivity index (χ3v) is 6.63. The van der Waals surface area contributed by atoms with E-state index >= 15 is 0 Å². The van der Waals surface area contributed by atoms with Crippen LogP contribution in [0.4, 0.5) is 9.18 Å². The highest BCUT2D eigenvalue weighted by molar-refractivity contribution is 5.95. The molecule has 1 aromatic rings. The Balaban J connectivity index is 1.21. The molecule has 0 aromatic heterocycles. The predicted molar refractivity (Wildman–Crippen MR) is 106 cm³/mol. The van der Waals surface area contributed by atoms with Crippen LogP contribution in [0.1, 0.15) is 61.7 Å². The van der Waals surface area contributed by atoms with Gasteiger partial charge in [0.1, 0.15) is 5.82 Å². The van der Waals surface area contributed by atoms with E-state index in [1.54, 1.807) is 12.1 Å². The Labute approximate surface area is 166 Å². The van der Waals surface area contributed by atoms with Gasteiger partial charge in [0.15, 0.2) is 5.78 Å². The van der Waals surface area contributed by atoms with Gasteiger partial charge in [0.05, 0.1) is 12.1 Å². The van der Waals surface area contributed by atoms with Gasteiger partial charge in [-0.15, -0.1) is 0 Å². The molecule has 1 aliphatic carbocycles. The van der Waals surface area contributed by atoms with Crippen molar-refractivity contribution in [3.63, 3.8) is 0 Å². The largest absolute Gasteiger partial charge is 0.333 e. The lowest BCUT2D eigenvalue weighted by Crippen LogP contribution is -2.50. The summed E-state index contributed by atoms with van der Waals surface area (Å²) < 4.78 is 13.0. The minimum absolute atomic E-state index is 0.0759. The highest BCUT2D eigenvalue weighted by Crippen LogP contribution is 2.32. The second-order valence-electron chi connectivity index (χ2n) is 8.42. The molecule has 3 aliphatic rings. The molecule has 0 radical (unpaired) electrons. The number of carbonyl (C=O) groups excluding carboxylic acids is 2. The van der Waals surface area contributed by atoms with Crippen LogP contribution in [0, 0.1) is 5.82 Å². The molecule has 28 heavy (non-hydrogen) atoms. The van der Waals surface area contributed by atoms with Crippen molar-refractivity contribution in [3.05, 3.63) is 35.6 Å². The molecule has 1 N–H and O–H groups in total. The second kappa shape index (κ2) is 8.60. The smallest absolute Gasteiger partial charge is 0.318 e. The number of amides is 2. The molecular formula is C22H30FN3O2. The molecule has 0 spiro atoms. The minimum Gasteiger partial charge on any atom is -0.333 e. The number of benzene rings is 1. The number of Topliss-reactive ketones (excluding diaryl/α,β-unsaturated/α-hetero) is 1. The average molecular weight is 387 g/mol. The van der Waals surface area contributed by atoms with Gasteiger partial charge >= 0.3 is 6.03 Å². The van der Waals surface area contributed by atoms with Crippen LogP contribution in [0.5, 0.6) is 0 Å². The number of nitrogens with zero attached hydrogens (tertiary/aromatic N) is 2. The molecule has 1 aromatic carbocycles. The fourth-order valence-corrected chi connectivity index (χ4v) is 5.10. The summed E-state index contributed by atoms with van der Waals surface area (Å²) in [5, 5.41) is 3.19. The van der Waals surface area contributed by atoms with E-state index in [1.165, 1.54) is 25.0 Å². The SMILES string of the molecule is O=C(CCCN1CCC(N2C(=O)NC3CCCCC32)CC1)c1ccc(F)cc1. The Morgan fingerprint density at radius 3 is 2.54 bits per heavy atom. The van der Waals surface area contributed by atoms with E-state index in [0.29, 0.717) is 30.1 Å². The van der Waals surface area contributed by atoms with E-state index < -0.39 is 0 Å². The third-order valence-electron chi connectivity index (χ3n) is 6.63. The maximum absolute atomic E-state index is 13.0. The molecule has 152 valence electrons. The highest BCUT2D eigenvalue weighted by atomic mass is 19.1. The molecule has 2 amide bonds. The summed E-state index contributed by atoms with van der Waals surface area (Å²) in [6, 6.07) is 7.03. The molecule has 6 heteroatoms. The minimum atomic E-state index is -0.314. The first kappa shape index (κ1) is 19.4. The zero-order chi connectivity index (χ0) is 19.5. The maximum Gasteiger partial charge on any atom is 0.318 e. The summed E-state index contributed by atoms with van der Waals surface area (Å²) >= 11 is 0. The number of ketones is 1. The number of hydrogen-bond donors (Lipinski definition) is 1. The average Bonchev–Trinajstić information content (AvgIpc) is 3.05. The molecule has 2 unspecified atom stereocenters. The Hall–Kier alpha value is -1.95. The quantitative estimate of drug-likeness (QED) is 0.759. The molecule has 2 saturated heterocycles. The molecule has 0 bridgehead atoms. The Morgan fingerprint density at radius 2 is 1.79 bits per heavy atom. The Bertz CT molecular complexity index is 700. The lowest BCUT2D eigenvalue weighted by molar-refractivity contribution is 0.0933. The molecule has 4 rings (SSSR count). The van der Waals surface area contributed by atoms with Crippen molar-refractivity contribution in [1.82, 2.24) is 15.1 Å². The monoisotopic (exact) mass is 387 g/mol. The molecule has 5 nitrogen and oxygen atoms in total. The lowest BCUT2D eigenvalue weighted by atomic mass is 9.89. The fraction of sp³-hybridized carbons (Fsp3) is 0.636. The van der Waals surface area contributed by atoms with Crippen LogP contribution in [0.15, 0.2) is 24.3 Å². The molecular weight excluding hydrogens is 357 g/mol. The van der Waals surface area contributed by atoms with E-state index in [-0.39, 0.29) is 17.6 Å². The van der Waals surface area contributed by atoms with Gasteiger partial charge in [0.25, 0.3) is 0 Å². The number of fused-ring (bicyclic) bond motifs is 1. The Kier molecular flexibility index (Phi) is 5.95. The molecule has 2 atom stereocenters. The van der Waals surface area contributed by atoms with E-state index in [0.717, 1.165) is 51.7 Å². The van der Waals surface area contributed by atoms with Crippen LogP contribution in [-0.2, 0) is 0 Å². The predicted octanol–water partition coefficient (Wildman–Crippen LogP) is 3.59. The van der Waals surface area contributed by atoms with Crippen LogP contribution in [-0.4, -0.2) is 59.4 Å². The van der Waals surface area contributed by atoms with Crippen LogP contribution in [0.2, 0.25) is 0 Å². The van der Waals surface area contributed by atoms with Gasteiger partial charge in [-0.3, -0.25) is 4.79 Å². The summed E-state index contributed by atoms with van der Waals surface area (Å²) in [6.45, 7) is 2.87. The number of carbonyl (C=O) groups is 2. The molecule has 2 heterocycles. The maximum atomic E-state index is 13.0. The van der Waals surface area contributed by atoms with Crippen molar-refractivity contribution < 1.29 is 14.0 Å². The second-order valence-corrected chi connectivity index (χ2v) is 8.42. The van der Waals surface area contributed by atoms with Crippen molar-refractivity contribution >= 4 is 11.8 Å². The first-order chi connectivity index (χ1) is 13.6. The van der Waals surface area contributed by atoms with Gasteiger partial charge in [0, 0.05) is 31.1 Å².